The van der Waals surface area contributed by atoms with E-state index in [1.54, 1.807) is 12.1 Å². The highest BCUT2D eigenvalue weighted by molar-refractivity contribution is 7.15. The first-order valence-corrected chi connectivity index (χ1v) is 6.55. The fourth-order valence-electron chi connectivity index (χ4n) is 1.82. The van der Waals surface area contributed by atoms with Gasteiger partial charge in [0.05, 0.1) is 5.92 Å². The van der Waals surface area contributed by atoms with E-state index < -0.39 is 11.9 Å². The van der Waals surface area contributed by atoms with E-state index in [0.717, 1.165) is 15.3 Å². The first-order chi connectivity index (χ1) is 8.61. The second kappa shape index (κ2) is 5.23. The molecule has 0 spiro atoms. The van der Waals surface area contributed by atoms with Crippen LogP contribution in [0.3, 0.4) is 0 Å². The second-order valence-corrected chi connectivity index (χ2v) is 5.16. The molecule has 0 bridgehead atoms. The number of benzene rings is 1. The molecule has 1 atom stereocenters. The molecule has 0 amide bonds. The van der Waals surface area contributed by atoms with Gasteiger partial charge in [0, 0.05) is 9.75 Å². The van der Waals surface area contributed by atoms with Crippen LogP contribution in [0, 0.1) is 0 Å². The monoisotopic (exact) mass is 262 g/mol. The molecule has 1 aromatic carbocycles. The van der Waals surface area contributed by atoms with Crippen molar-refractivity contribution in [2.45, 2.75) is 19.3 Å². The Morgan fingerprint density at radius 1 is 1.22 bits per heavy atom. The molecule has 0 fully saturated rings. The molecule has 0 saturated carbocycles. The van der Waals surface area contributed by atoms with Crippen molar-refractivity contribution >= 4 is 17.3 Å². The van der Waals surface area contributed by atoms with Crippen molar-refractivity contribution in [3.8, 4) is 16.2 Å². The Kier molecular flexibility index (Phi) is 3.67. The van der Waals surface area contributed by atoms with Gasteiger partial charge in [-0.25, -0.2) is 0 Å². The largest absolute Gasteiger partial charge is 0.508 e. The normalized spacial score (nSPS) is 12.3. The lowest BCUT2D eigenvalue weighted by Crippen LogP contribution is -2.08. The number of phenols is 1. The number of carboxylic acids is 1. The van der Waals surface area contributed by atoms with Crippen molar-refractivity contribution in [2.75, 3.05) is 0 Å². The van der Waals surface area contributed by atoms with Gasteiger partial charge in [0.15, 0.2) is 0 Å². The van der Waals surface area contributed by atoms with Crippen molar-refractivity contribution in [1.82, 2.24) is 0 Å². The third kappa shape index (κ3) is 2.54. The molecule has 1 unspecified atom stereocenters. The van der Waals surface area contributed by atoms with E-state index in [2.05, 4.69) is 0 Å². The first-order valence-electron chi connectivity index (χ1n) is 5.73. The summed E-state index contributed by atoms with van der Waals surface area (Å²) >= 11 is 1.49. The van der Waals surface area contributed by atoms with E-state index in [0.29, 0.717) is 6.42 Å². The SMILES string of the molecule is CCC(C(=O)O)c1ccc(-c2ccc(O)cc2)s1. The number of rotatable bonds is 4. The Hall–Kier alpha value is -1.81. The number of carboxylic acid groups (broad SMARTS) is 1. The molecule has 0 aliphatic carbocycles. The van der Waals surface area contributed by atoms with E-state index in [9.17, 15) is 9.90 Å². The third-order valence-corrected chi connectivity index (χ3v) is 4.08. The summed E-state index contributed by atoms with van der Waals surface area (Å²) in [5.74, 6) is -0.982. The Morgan fingerprint density at radius 2 is 1.89 bits per heavy atom. The van der Waals surface area contributed by atoms with Gasteiger partial charge in [-0.15, -0.1) is 11.3 Å². The molecule has 3 nitrogen and oxygen atoms in total. The van der Waals surface area contributed by atoms with Crippen LogP contribution >= 0.6 is 11.3 Å². The molecule has 0 aliphatic heterocycles. The van der Waals surface area contributed by atoms with Gasteiger partial charge in [-0.3, -0.25) is 4.79 Å². The fraction of sp³-hybridized carbons (Fsp3) is 0.214. The summed E-state index contributed by atoms with van der Waals surface area (Å²) in [5, 5.41) is 18.4. The maximum absolute atomic E-state index is 11.1. The minimum atomic E-state index is -0.781. The summed E-state index contributed by atoms with van der Waals surface area (Å²) in [4.78, 5) is 13.0. The van der Waals surface area contributed by atoms with Gasteiger partial charge in [0.25, 0.3) is 0 Å². The standard InChI is InChI=1S/C14H14O3S/c1-2-11(14(16)17)13-8-7-12(18-13)9-3-5-10(15)6-4-9/h3-8,11,15H,2H2,1H3,(H,16,17). The number of thiophene rings is 1. The average Bonchev–Trinajstić information content (AvgIpc) is 2.80. The highest BCUT2D eigenvalue weighted by atomic mass is 32.1. The van der Waals surface area contributed by atoms with Crippen LogP contribution in [0.2, 0.25) is 0 Å². The molecule has 4 heteroatoms. The Labute approximate surface area is 109 Å². The summed E-state index contributed by atoms with van der Waals surface area (Å²) in [5.41, 5.74) is 0.990. The van der Waals surface area contributed by atoms with Gasteiger partial charge in [0.2, 0.25) is 0 Å². The van der Waals surface area contributed by atoms with Crippen LogP contribution in [-0.2, 0) is 4.79 Å². The maximum atomic E-state index is 11.1. The average molecular weight is 262 g/mol. The minimum Gasteiger partial charge on any atom is -0.508 e. The van der Waals surface area contributed by atoms with Crippen LogP contribution in [0.1, 0.15) is 24.1 Å². The van der Waals surface area contributed by atoms with Crippen LogP contribution in [0.25, 0.3) is 10.4 Å². The van der Waals surface area contributed by atoms with Gasteiger partial charge in [-0.05, 0) is 48.4 Å². The molecule has 2 N–H and O–H groups in total. The highest BCUT2D eigenvalue weighted by Gasteiger charge is 2.19. The van der Waals surface area contributed by atoms with Crippen molar-refractivity contribution in [1.29, 1.82) is 0 Å². The number of carbonyl (C=O) groups is 1. The highest BCUT2D eigenvalue weighted by Crippen LogP contribution is 2.34. The van der Waals surface area contributed by atoms with E-state index in [1.807, 2.05) is 31.2 Å². The summed E-state index contributed by atoms with van der Waals surface area (Å²) in [6, 6.07) is 10.7. The second-order valence-electron chi connectivity index (χ2n) is 4.05. The van der Waals surface area contributed by atoms with Crippen LogP contribution in [0.4, 0.5) is 0 Å². The van der Waals surface area contributed by atoms with Crippen molar-refractivity contribution < 1.29 is 15.0 Å². The van der Waals surface area contributed by atoms with E-state index in [1.165, 1.54) is 11.3 Å². The molecule has 0 aliphatic rings. The van der Waals surface area contributed by atoms with Crippen LogP contribution in [0.15, 0.2) is 36.4 Å². The molecule has 1 aromatic heterocycles. The van der Waals surface area contributed by atoms with Gasteiger partial charge < -0.3 is 10.2 Å². The van der Waals surface area contributed by atoms with Gasteiger partial charge >= 0.3 is 5.97 Å². The molecule has 2 rings (SSSR count). The molecule has 18 heavy (non-hydrogen) atoms. The summed E-state index contributed by atoms with van der Waals surface area (Å²) in [6.07, 6.45) is 0.588. The summed E-state index contributed by atoms with van der Waals surface area (Å²) in [6.45, 7) is 1.87. The molecule has 2 aromatic rings. The van der Waals surface area contributed by atoms with Crippen LogP contribution in [-0.4, -0.2) is 16.2 Å². The number of hydrogen-bond acceptors (Lipinski definition) is 3. The number of phenolic OH excluding ortho intramolecular Hbond substituents is 1. The zero-order valence-corrected chi connectivity index (χ0v) is 10.8. The van der Waals surface area contributed by atoms with E-state index in [-0.39, 0.29) is 5.75 Å². The zero-order chi connectivity index (χ0) is 13.1. The number of hydrogen-bond donors (Lipinski definition) is 2. The lowest BCUT2D eigenvalue weighted by Gasteiger charge is -2.05. The Bertz CT molecular complexity index is 542. The topological polar surface area (TPSA) is 57.5 Å². The fourth-order valence-corrected chi connectivity index (χ4v) is 3.01. The molecule has 1 heterocycles. The Morgan fingerprint density at radius 3 is 2.44 bits per heavy atom. The predicted octanol–water partition coefficient (Wildman–Crippen LogP) is 3.70. The lowest BCUT2D eigenvalue weighted by atomic mass is 10.1. The molecule has 94 valence electrons. The molecular weight excluding hydrogens is 248 g/mol. The van der Waals surface area contributed by atoms with Crippen molar-refractivity contribution in [3.63, 3.8) is 0 Å². The van der Waals surface area contributed by atoms with Crippen LogP contribution in [0.5, 0.6) is 5.75 Å². The van der Waals surface area contributed by atoms with E-state index in [4.69, 9.17) is 5.11 Å². The van der Waals surface area contributed by atoms with Gasteiger partial charge in [-0.1, -0.05) is 6.92 Å². The molecule has 0 saturated heterocycles. The van der Waals surface area contributed by atoms with Gasteiger partial charge in [-0.2, -0.15) is 0 Å². The third-order valence-electron chi connectivity index (χ3n) is 2.83. The predicted molar refractivity (Wildman–Crippen MR) is 72.1 cm³/mol. The number of aliphatic carboxylic acids is 1. The quantitative estimate of drug-likeness (QED) is 0.883. The van der Waals surface area contributed by atoms with Gasteiger partial charge in [0.1, 0.15) is 5.75 Å². The van der Waals surface area contributed by atoms with Crippen molar-refractivity contribution in [3.05, 3.63) is 41.3 Å². The first kappa shape index (κ1) is 12.6. The summed E-state index contributed by atoms with van der Waals surface area (Å²) < 4.78 is 0. The Balaban J connectivity index is 2.30. The van der Waals surface area contributed by atoms with E-state index >= 15 is 0 Å². The zero-order valence-electron chi connectivity index (χ0n) is 9.96. The lowest BCUT2D eigenvalue weighted by molar-refractivity contribution is -0.138. The van der Waals surface area contributed by atoms with Crippen LogP contribution < -0.4 is 0 Å². The smallest absolute Gasteiger partial charge is 0.311 e. The number of aromatic hydroxyl groups is 1. The molecular formula is C14H14O3S. The minimum absolute atomic E-state index is 0.229. The summed E-state index contributed by atoms with van der Waals surface area (Å²) in [7, 11) is 0. The molecule has 0 radical (unpaired) electrons. The maximum Gasteiger partial charge on any atom is 0.311 e. The van der Waals surface area contributed by atoms with Crippen molar-refractivity contribution in [2.24, 2.45) is 0 Å².